The first-order valence-electron chi connectivity index (χ1n) is 5.66. The molecule has 1 heterocycles. The van der Waals surface area contributed by atoms with Crippen LogP contribution < -0.4 is 5.73 Å². The fourth-order valence-corrected chi connectivity index (χ4v) is 2.96. The molecule has 0 radical (unpaired) electrons. The van der Waals surface area contributed by atoms with Crippen LogP contribution in [-0.2, 0) is 16.4 Å². The van der Waals surface area contributed by atoms with Crippen molar-refractivity contribution >= 4 is 27.3 Å². The summed E-state index contributed by atoms with van der Waals surface area (Å²) >= 11 is 5.74. The number of halogens is 1. The minimum absolute atomic E-state index is 0.0112. The molecule has 0 atom stereocenters. The number of nitrogen functional groups attached to an aromatic ring is 1. The fraction of sp³-hybridized carbons (Fsp3) is 0.167. The molecule has 0 saturated carbocycles. The van der Waals surface area contributed by atoms with Crippen LogP contribution in [0.1, 0.15) is 6.92 Å². The van der Waals surface area contributed by atoms with E-state index in [2.05, 4.69) is 16.9 Å². The Labute approximate surface area is 121 Å². The van der Waals surface area contributed by atoms with Crippen LogP contribution in [0.4, 0.5) is 5.82 Å². The van der Waals surface area contributed by atoms with Crippen LogP contribution in [0.25, 0.3) is 0 Å². The van der Waals surface area contributed by atoms with Gasteiger partial charge < -0.3 is 5.73 Å². The number of sulfone groups is 1. The molecule has 0 aliphatic carbocycles. The number of nitrogens with zero attached hydrogens (tertiary/aromatic N) is 3. The zero-order valence-electron chi connectivity index (χ0n) is 10.7. The monoisotopic (exact) mass is 312 g/mol. The Bertz CT molecular complexity index is 750. The van der Waals surface area contributed by atoms with Gasteiger partial charge in [-0.15, -0.1) is 5.10 Å². The van der Waals surface area contributed by atoms with E-state index in [-0.39, 0.29) is 15.7 Å². The molecule has 2 aromatic rings. The smallest absolute Gasteiger partial charge is 0.229 e. The van der Waals surface area contributed by atoms with Crippen LogP contribution in [0.15, 0.2) is 46.3 Å². The summed E-state index contributed by atoms with van der Waals surface area (Å²) in [4.78, 5) is 0.0657. The van der Waals surface area contributed by atoms with Crippen molar-refractivity contribution in [1.82, 2.24) is 15.0 Å². The first-order chi connectivity index (χ1) is 9.32. The van der Waals surface area contributed by atoms with Gasteiger partial charge in [-0.2, -0.15) is 0 Å². The molecule has 1 aromatic carbocycles. The van der Waals surface area contributed by atoms with Crippen LogP contribution >= 0.6 is 11.6 Å². The first-order valence-corrected chi connectivity index (χ1v) is 7.52. The lowest BCUT2D eigenvalue weighted by Crippen LogP contribution is -2.09. The summed E-state index contributed by atoms with van der Waals surface area (Å²) in [7, 11) is -3.81. The molecule has 8 heteroatoms. The number of benzene rings is 1. The predicted molar refractivity (Wildman–Crippen MR) is 76.2 cm³/mol. The van der Waals surface area contributed by atoms with Gasteiger partial charge in [-0.25, -0.2) is 13.1 Å². The third-order valence-electron chi connectivity index (χ3n) is 2.54. The Balaban J connectivity index is 2.47. The minimum atomic E-state index is -3.81. The highest BCUT2D eigenvalue weighted by Gasteiger charge is 2.26. The van der Waals surface area contributed by atoms with Crippen molar-refractivity contribution in [2.75, 3.05) is 5.73 Å². The number of hydrogen-bond acceptors (Lipinski definition) is 5. The van der Waals surface area contributed by atoms with Crippen molar-refractivity contribution < 1.29 is 8.42 Å². The largest absolute Gasteiger partial charge is 0.381 e. The Morgan fingerprint density at radius 2 is 2.00 bits per heavy atom. The number of rotatable bonds is 4. The van der Waals surface area contributed by atoms with Gasteiger partial charge in [0.1, 0.15) is 0 Å². The quantitative estimate of drug-likeness (QED) is 0.871. The van der Waals surface area contributed by atoms with Crippen LogP contribution in [0.3, 0.4) is 0 Å². The van der Waals surface area contributed by atoms with Gasteiger partial charge in [-0.05, 0) is 31.2 Å². The number of nitrogens with two attached hydrogens (primary N) is 1. The van der Waals surface area contributed by atoms with Crippen molar-refractivity contribution in [2.45, 2.75) is 23.4 Å². The third kappa shape index (κ3) is 2.68. The first kappa shape index (κ1) is 14.5. The van der Waals surface area contributed by atoms with E-state index in [1.165, 1.54) is 28.9 Å². The molecule has 1 aromatic heterocycles. The molecule has 6 nitrogen and oxygen atoms in total. The zero-order chi connectivity index (χ0) is 14.9. The Morgan fingerprint density at radius 1 is 1.40 bits per heavy atom. The van der Waals surface area contributed by atoms with Crippen LogP contribution in [0.2, 0.25) is 5.02 Å². The summed E-state index contributed by atoms with van der Waals surface area (Å²) in [5.41, 5.74) is 6.59. The van der Waals surface area contributed by atoms with E-state index in [0.29, 0.717) is 11.6 Å². The van der Waals surface area contributed by atoms with Crippen LogP contribution in [-0.4, -0.2) is 23.4 Å². The average Bonchev–Trinajstić information content (AvgIpc) is 2.71. The van der Waals surface area contributed by atoms with Gasteiger partial charge in [0.2, 0.25) is 14.9 Å². The molecule has 0 amide bonds. The summed E-state index contributed by atoms with van der Waals surface area (Å²) in [6.07, 6.45) is 0. The summed E-state index contributed by atoms with van der Waals surface area (Å²) in [5, 5.41) is 7.59. The lowest BCUT2D eigenvalue weighted by molar-refractivity contribution is 0.592. The summed E-state index contributed by atoms with van der Waals surface area (Å²) in [5.74, 6) is -0.0112. The normalized spacial score (nSPS) is 11.5. The lowest BCUT2D eigenvalue weighted by Gasteiger charge is -2.04. The molecular formula is C12H13ClN4O2S. The number of hydrogen-bond donors (Lipinski definition) is 1. The van der Waals surface area contributed by atoms with Crippen molar-refractivity contribution in [3.05, 3.63) is 41.4 Å². The van der Waals surface area contributed by atoms with E-state index < -0.39 is 9.84 Å². The standard InChI is InChI=1S/C12H13ClN4O2S/c1-8(2)7-17-11(14)12(15-16-17)20(18,19)10-5-3-9(13)4-6-10/h3-6H,1,7,14H2,2H3. The van der Waals surface area contributed by atoms with E-state index in [9.17, 15) is 8.42 Å². The predicted octanol–water partition coefficient (Wildman–Crippen LogP) is 1.92. The molecule has 0 fully saturated rings. The zero-order valence-corrected chi connectivity index (χ0v) is 12.3. The van der Waals surface area contributed by atoms with Crippen molar-refractivity contribution in [2.24, 2.45) is 0 Å². The van der Waals surface area contributed by atoms with Crippen LogP contribution in [0, 0.1) is 0 Å². The molecule has 0 aliphatic heterocycles. The molecule has 106 valence electrons. The Kier molecular flexibility index (Phi) is 3.82. The maximum absolute atomic E-state index is 12.4. The van der Waals surface area contributed by atoms with Crippen LogP contribution in [0.5, 0.6) is 0 Å². The fourth-order valence-electron chi connectivity index (χ4n) is 1.59. The van der Waals surface area contributed by atoms with Crippen molar-refractivity contribution in [1.29, 1.82) is 0 Å². The lowest BCUT2D eigenvalue weighted by atomic mass is 10.3. The number of allylic oxidation sites excluding steroid dienone is 1. The van der Waals surface area contributed by atoms with Gasteiger partial charge in [-0.3, -0.25) is 0 Å². The SMILES string of the molecule is C=C(C)Cn1nnc(S(=O)(=O)c2ccc(Cl)cc2)c1N. The highest BCUT2D eigenvalue weighted by molar-refractivity contribution is 7.91. The molecule has 0 saturated heterocycles. The molecule has 0 aliphatic rings. The number of anilines is 1. The van der Waals surface area contributed by atoms with E-state index >= 15 is 0 Å². The maximum atomic E-state index is 12.4. The second-order valence-electron chi connectivity index (χ2n) is 4.35. The van der Waals surface area contributed by atoms with Gasteiger partial charge in [0.25, 0.3) is 0 Å². The highest BCUT2D eigenvalue weighted by atomic mass is 35.5. The van der Waals surface area contributed by atoms with E-state index in [4.69, 9.17) is 17.3 Å². The van der Waals surface area contributed by atoms with E-state index in [0.717, 1.165) is 5.57 Å². The Morgan fingerprint density at radius 3 is 2.55 bits per heavy atom. The summed E-state index contributed by atoms with van der Waals surface area (Å²) in [6.45, 7) is 5.82. The topological polar surface area (TPSA) is 90.9 Å². The molecule has 2 rings (SSSR count). The minimum Gasteiger partial charge on any atom is -0.381 e. The molecule has 0 spiro atoms. The van der Waals surface area contributed by atoms with Gasteiger partial charge in [0, 0.05) is 5.02 Å². The van der Waals surface area contributed by atoms with E-state index in [1.807, 2.05) is 0 Å². The van der Waals surface area contributed by atoms with Gasteiger partial charge in [0.15, 0.2) is 5.82 Å². The maximum Gasteiger partial charge on any atom is 0.229 e. The second-order valence-corrected chi connectivity index (χ2v) is 6.65. The molecule has 2 N–H and O–H groups in total. The molecule has 0 bridgehead atoms. The summed E-state index contributed by atoms with van der Waals surface area (Å²) in [6, 6.07) is 5.77. The Hall–Kier alpha value is -1.86. The summed E-state index contributed by atoms with van der Waals surface area (Å²) < 4.78 is 26.1. The highest BCUT2D eigenvalue weighted by Crippen LogP contribution is 2.24. The third-order valence-corrected chi connectivity index (χ3v) is 4.48. The van der Waals surface area contributed by atoms with Gasteiger partial charge in [-0.1, -0.05) is 29.0 Å². The second kappa shape index (κ2) is 5.26. The van der Waals surface area contributed by atoms with E-state index in [1.54, 1.807) is 6.92 Å². The molecular weight excluding hydrogens is 300 g/mol. The molecule has 0 unspecified atom stereocenters. The van der Waals surface area contributed by atoms with Crippen molar-refractivity contribution in [3.63, 3.8) is 0 Å². The van der Waals surface area contributed by atoms with Gasteiger partial charge in [0.05, 0.1) is 11.4 Å². The average molecular weight is 313 g/mol. The molecule has 20 heavy (non-hydrogen) atoms. The van der Waals surface area contributed by atoms with Gasteiger partial charge >= 0.3 is 0 Å². The number of aromatic nitrogens is 3. The van der Waals surface area contributed by atoms with Crippen molar-refractivity contribution in [3.8, 4) is 0 Å².